The molecule has 0 aromatic heterocycles. The topological polar surface area (TPSA) is 32.7 Å². The number of amidine groups is 1. The molecule has 0 fully saturated rings. The van der Waals surface area contributed by atoms with Crippen molar-refractivity contribution in [3.63, 3.8) is 0 Å². The predicted octanol–water partition coefficient (Wildman–Crippen LogP) is 6.14. The van der Waals surface area contributed by atoms with Gasteiger partial charge in [0.15, 0.2) is 0 Å². The molecule has 0 saturated carbocycles. The maximum atomic E-state index is 13.3. The number of halogens is 2. The van der Waals surface area contributed by atoms with Gasteiger partial charge in [-0.1, -0.05) is 59.6 Å². The minimum absolute atomic E-state index is 0.199. The normalized spacial score (nSPS) is 15.2. The number of hydrogen-bond acceptors (Lipinski definition) is 2. The number of rotatable bonds is 3. The van der Waals surface area contributed by atoms with Crippen LogP contribution in [0.1, 0.15) is 16.7 Å². The number of amides is 1. The van der Waals surface area contributed by atoms with E-state index in [1.807, 2.05) is 61.5 Å². The van der Waals surface area contributed by atoms with Gasteiger partial charge >= 0.3 is 0 Å². The lowest BCUT2D eigenvalue weighted by Crippen LogP contribution is -2.32. The van der Waals surface area contributed by atoms with Gasteiger partial charge in [-0.05, 0) is 60.5 Å². The molecule has 0 atom stereocenters. The molecule has 0 unspecified atom stereocenters. The van der Waals surface area contributed by atoms with E-state index in [2.05, 4.69) is 4.99 Å². The fourth-order valence-electron chi connectivity index (χ4n) is 3.06. The smallest absolute Gasteiger partial charge is 0.266 e. The number of benzene rings is 3. The maximum absolute atomic E-state index is 13.3. The molecule has 5 heteroatoms. The summed E-state index contributed by atoms with van der Waals surface area (Å²) in [6, 6.07) is 22.4. The fraction of sp³-hybridized carbons (Fsp3) is 0.0435. The first-order valence-electron chi connectivity index (χ1n) is 8.75. The molecule has 3 nitrogen and oxygen atoms in total. The van der Waals surface area contributed by atoms with Crippen molar-refractivity contribution in [1.82, 2.24) is 0 Å². The van der Waals surface area contributed by atoms with Crippen LogP contribution in [0, 0.1) is 6.92 Å². The third kappa shape index (κ3) is 3.59. The van der Waals surface area contributed by atoms with Crippen LogP contribution in [0.4, 0.5) is 5.69 Å². The molecule has 1 aliphatic rings. The Morgan fingerprint density at radius 3 is 2.39 bits per heavy atom. The van der Waals surface area contributed by atoms with Crippen molar-refractivity contribution in [1.29, 1.82) is 0 Å². The molecule has 4 rings (SSSR count). The molecule has 0 aliphatic carbocycles. The average Bonchev–Trinajstić information content (AvgIpc) is 3.00. The van der Waals surface area contributed by atoms with Crippen LogP contribution in [-0.4, -0.2) is 11.7 Å². The monoisotopic (exact) mass is 406 g/mol. The highest BCUT2D eigenvalue weighted by Gasteiger charge is 2.33. The van der Waals surface area contributed by atoms with Crippen molar-refractivity contribution in [2.75, 3.05) is 4.90 Å². The molecule has 0 saturated heterocycles. The molecular weight excluding hydrogens is 391 g/mol. The summed E-state index contributed by atoms with van der Waals surface area (Å²) >= 11 is 12.4. The summed E-state index contributed by atoms with van der Waals surface area (Å²) < 4.78 is 0. The molecule has 0 bridgehead atoms. The lowest BCUT2D eigenvalue weighted by Gasteiger charge is -2.19. The summed E-state index contributed by atoms with van der Waals surface area (Å²) in [6.45, 7) is 1.99. The summed E-state index contributed by atoms with van der Waals surface area (Å²) in [5, 5.41) is 1.18. The van der Waals surface area contributed by atoms with Gasteiger partial charge in [0.1, 0.15) is 11.5 Å². The molecule has 1 heterocycles. The summed E-state index contributed by atoms with van der Waals surface area (Å²) in [5.41, 5.74) is 3.71. The van der Waals surface area contributed by atoms with Crippen LogP contribution in [0.25, 0.3) is 6.08 Å². The lowest BCUT2D eigenvalue weighted by atomic mass is 10.1. The number of hydrogen-bond donors (Lipinski definition) is 0. The van der Waals surface area contributed by atoms with E-state index in [1.54, 1.807) is 29.2 Å². The Labute approximate surface area is 173 Å². The Bertz CT molecular complexity index is 1120. The zero-order chi connectivity index (χ0) is 19.7. The van der Waals surface area contributed by atoms with Crippen LogP contribution in [0.5, 0.6) is 0 Å². The first kappa shape index (κ1) is 18.5. The number of carbonyl (C=O) groups excluding carboxylic acids is 1. The number of aryl methyl sites for hydroxylation is 1. The van der Waals surface area contributed by atoms with Crippen LogP contribution in [0.2, 0.25) is 10.0 Å². The SMILES string of the molecule is Cc1cccc(N2C(=O)/C(=C\c3ccc(Cl)cc3)N=C2c2ccccc2Cl)c1. The fourth-order valence-corrected chi connectivity index (χ4v) is 3.41. The first-order chi connectivity index (χ1) is 13.5. The lowest BCUT2D eigenvalue weighted by molar-refractivity contribution is -0.113. The second-order valence-corrected chi connectivity index (χ2v) is 7.32. The Morgan fingerprint density at radius 2 is 1.68 bits per heavy atom. The number of anilines is 1. The van der Waals surface area contributed by atoms with Gasteiger partial charge in [-0.25, -0.2) is 4.99 Å². The summed E-state index contributed by atoms with van der Waals surface area (Å²) in [5.74, 6) is 0.317. The van der Waals surface area contributed by atoms with Gasteiger partial charge in [-0.3, -0.25) is 9.69 Å². The second-order valence-electron chi connectivity index (χ2n) is 6.48. The van der Waals surface area contributed by atoms with Gasteiger partial charge in [0, 0.05) is 10.6 Å². The zero-order valence-electron chi connectivity index (χ0n) is 15.1. The maximum Gasteiger partial charge on any atom is 0.282 e. The van der Waals surface area contributed by atoms with E-state index in [9.17, 15) is 4.79 Å². The van der Waals surface area contributed by atoms with Gasteiger partial charge in [0.25, 0.3) is 5.91 Å². The number of carbonyl (C=O) groups is 1. The highest BCUT2D eigenvalue weighted by atomic mass is 35.5. The predicted molar refractivity (Wildman–Crippen MR) is 116 cm³/mol. The molecule has 0 N–H and O–H groups in total. The summed E-state index contributed by atoms with van der Waals surface area (Å²) in [4.78, 5) is 19.5. The van der Waals surface area contributed by atoms with E-state index in [1.165, 1.54) is 0 Å². The van der Waals surface area contributed by atoms with E-state index in [-0.39, 0.29) is 5.91 Å². The third-order valence-electron chi connectivity index (χ3n) is 4.41. The molecule has 138 valence electrons. The average molecular weight is 407 g/mol. The highest BCUT2D eigenvalue weighted by Crippen LogP contribution is 2.30. The van der Waals surface area contributed by atoms with Gasteiger partial charge < -0.3 is 0 Å². The van der Waals surface area contributed by atoms with Crippen LogP contribution < -0.4 is 4.90 Å². The Balaban J connectivity index is 1.85. The molecule has 0 spiro atoms. The van der Waals surface area contributed by atoms with Gasteiger partial charge in [0.2, 0.25) is 0 Å². The van der Waals surface area contributed by atoms with Crippen molar-refractivity contribution in [2.45, 2.75) is 6.92 Å². The Hall–Kier alpha value is -2.88. The first-order valence-corrected chi connectivity index (χ1v) is 9.50. The third-order valence-corrected chi connectivity index (χ3v) is 4.99. The van der Waals surface area contributed by atoms with Crippen LogP contribution in [0.3, 0.4) is 0 Å². The summed E-state index contributed by atoms with van der Waals surface area (Å²) in [6.07, 6.45) is 1.76. The molecular formula is C23H16Cl2N2O. The Kier molecular flexibility index (Phi) is 5.03. The van der Waals surface area contributed by atoms with Crippen molar-refractivity contribution in [3.05, 3.63) is 105 Å². The standard InChI is InChI=1S/C23H16Cl2N2O/c1-15-5-4-6-18(13-15)27-22(19-7-2-3-8-20(19)25)26-21(23(27)28)14-16-9-11-17(24)12-10-16/h2-14H,1H3/b21-14+. The minimum Gasteiger partial charge on any atom is -0.266 e. The highest BCUT2D eigenvalue weighted by molar-refractivity contribution is 6.39. The molecule has 0 radical (unpaired) electrons. The van der Waals surface area contributed by atoms with Crippen molar-refractivity contribution in [2.24, 2.45) is 4.99 Å². The van der Waals surface area contributed by atoms with Gasteiger partial charge in [-0.2, -0.15) is 0 Å². The quantitative estimate of drug-likeness (QED) is 0.481. The van der Waals surface area contributed by atoms with E-state index >= 15 is 0 Å². The van der Waals surface area contributed by atoms with Crippen molar-refractivity contribution >= 4 is 46.7 Å². The molecule has 28 heavy (non-hydrogen) atoms. The summed E-state index contributed by atoms with van der Waals surface area (Å²) in [7, 11) is 0. The number of aliphatic imine (C=N–C) groups is 1. The molecule has 3 aromatic carbocycles. The van der Waals surface area contributed by atoms with Crippen molar-refractivity contribution in [3.8, 4) is 0 Å². The molecule has 1 aliphatic heterocycles. The van der Waals surface area contributed by atoms with E-state index in [0.29, 0.717) is 27.1 Å². The van der Waals surface area contributed by atoms with Crippen LogP contribution in [-0.2, 0) is 4.79 Å². The minimum atomic E-state index is -0.199. The van der Waals surface area contributed by atoms with Gasteiger partial charge in [0.05, 0.1) is 10.7 Å². The second kappa shape index (κ2) is 7.63. The van der Waals surface area contributed by atoms with E-state index < -0.39 is 0 Å². The Morgan fingerprint density at radius 1 is 0.929 bits per heavy atom. The van der Waals surface area contributed by atoms with Crippen molar-refractivity contribution < 1.29 is 4.79 Å². The van der Waals surface area contributed by atoms with Gasteiger partial charge in [-0.15, -0.1) is 0 Å². The van der Waals surface area contributed by atoms with Crippen LogP contribution in [0.15, 0.2) is 83.5 Å². The van der Waals surface area contributed by atoms with E-state index in [4.69, 9.17) is 23.2 Å². The molecule has 3 aromatic rings. The zero-order valence-corrected chi connectivity index (χ0v) is 16.6. The van der Waals surface area contributed by atoms with Crippen LogP contribution >= 0.6 is 23.2 Å². The number of nitrogens with zero attached hydrogens (tertiary/aromatic N) is 2. The van der Waals surface area contributed by atoms with E-state index in [0.717, 1.165) is 16.8 Å². The molecule has 1 amide bonds. The largest absolute Gasteiger partial charge is 0.282 e.